The third-order valence-corrected chi connectivity index (χ3v) is 14.4. The van der Waals surface area contributed by atoms with Crippen LogP contribution in [0.2, 0.25) is 0 Å². The van der Waals surface area contributed by atoms with E-state index in [1.54, 1.807) is 0 Å². The van der Waals surface area contributed by atoms with E-state index in [0.29, 0.717) is 17.5 Å². The number of thiophene rings is 1. The summed E-state index contributed by atoms with van der Waals surface area (Å²) in [5.41, 5.74) is 16.0. The molecule has 0 fully saturated rings. The highest BCUT2D eigenvalue weighted by atomic mass is 32.1. The van der Waals surface area contributed by atoms with Gasteiger partial charge in [0.2, 0.25) is 0 Å². The lowest BCUT2D eigenvalue weighted by Gasteiger charge is -2.20. The van der Waals surface area contributed by atoms with Gasteiger partial charge in [0.05, 0.1) is 0 Å². The van der Waals surface area contributed by atoms with Crippen molar-refractivity contribution in [2.75, 3.05) is 0 Å². The minimum Gasteiger partial charge on any atom is -0.455 e. The standard InChI is InChI=1S/C60H39N3OS/c1-4-14-37(15-5-1)44-31-28-38-26-27-43(45-21-12-22-48-47-20-10-11-24-53(47)64-57(45)48)36-50(38)51-34-41(29-32-46(44)51)42-30-33-54-52(35-42)56-49(23-13-25-55(56)65-54)60-62-58(39-16-6-2-7-17-39)61-59(63-60)40-18-8-3-9-19-40/h1-27,29-30,32-36,44H,28,31H2. The summed E-state index contributed by atoms with van der Waals surface area (Å²) in [6.45, 7) is 0. The molecule has 9 aromatic carbocycles. The average Bonchev–Trinajstić information content (AvgIpc) is 3.91. The molecule has 1 atom stereocenters. The lowest BCUT2D eigenvalue weighted by Crippen LogP contribution is -2.02. The Kier molecular flexibility index (Phi) is 8.88. The summed E-state index contributed by atoms with van der Waals surface area (Å²) in [4.78, 5) is 15.3. The molecule has 3 aromatic heterocycles. The van der Waals surface area contributed by atoms with Gasteiger partial charge in [-0.3, -0.25) is 0 Å². The molecule has 5 heteroatoms. The highest BCUT2D eigenvalue weighted by Gasteiger charge is 2.26. The van der Waals surface area contributed by atoms with Crippen molar-refractivity contribution in [2.45, 2.75) is 18.8 Å². The van der Waals surface area contributed by atoms with Crippen LogP contribution in [0.4, 0.5) is 0 Å². The van der Waals surface area contributed by atoms with Gasteiger partial charge < -0.3 is 4.42 Å². The highest BCUT2D eigenvalue weighted by molar-refractivity contribution is 7.26. The monoisotopic (exact) mass is 849 g/mol. The summed E-state index contributed by atoms with van der Waals surface area (Å²) in [6.07, 6.45) is 2.02. The van der Waals surface area contributed by atoms with Crippen LogP contribution in [0.3, 0.4) is 0 Å². The molecule has 1 aliphatic carbocycles. The molecule has 0 amide bonds. The van der Waals surface area contributed by atoms with Gasteiger partial charge in [-0.05, 0) is 93.7 Å². The van der Waals surface area contributed by atoms with E-state index in [2.05, 4.69) is 164 Å². The Morgan fingerprint density at radius 2 is 1.05 bits per heavy atom. The van der Waals surface area contributed by atoms with E-state index in [0.717, 1.165) is 68.0 Å². The molecule has 1 unspecified atom stereocenters. The Hall–Kier alpha value is -7.99. The van der Waals surface area contributed by atoms with Crippen LogP contribution in [-0.2, 0) is 6.42 Å². The molecular weight excluding hydrogens is 811 g/mol. The summed E-state index contributed by atoms with van der Waals surface area (Å²) in [5.74, 6) is 2.24. The fraction of sp³-hybridized carbons (Fsp3) is 0.0500. The van der Waals surface area contributed by atoms with Crippen molar-refractivity contribution in [3.05, 3.63) is 223 Å². The predicted molar refractivity (Wildman–Crippen MR) is 269 cm³/mol. The van der Waals surface area contributed by atoms with Gasteiger partial charge in [0.25, 0.3) is 0 Å². The normalized spacial score (nSPS) is 13.6. The lowest BCUT2D eigenvalue weighted by atomic mass is 9.84. The van der Waals surface area contributed by atoms with Crippen LogP contribution in [-0.4, -0.2) is 15.0 Å². The van der Waals surface area contributed by atoms with E-state index in [-0.39, 0.29) is 5.92 Å². The van der Waals surface area contributed by atoms with Gasteiger partial charge in [-0.1, -0.05) is 170 Å². The first-order valence-electron chi connectivity index (χ1n) is 22.3. The minimum atomic E-state index is 0.266. The smallest absolute Gasteiger partial charge is 0.164 e. The molecule has 12 aromatic rings. The summed E-state index contributed by atoms with van der Waals surface area (Å²) in [5, 5.41) is 4.64. The molecule has 0 aliphatic heterocycles. The molecule has 0 radical (unpaired) electrons. The van der Waals surface area contributed by atoms with E-state index >= 15 is 0 Å². The van der Waals surface area contributed by atoms with E-state index < -0.39 is 0 Å². The largest absolute Gasteiger partial charge is 0.455 e. The molecule has 65 heavy (non-hydrogen) atoms. The van der Waals surface area contributed by atoms with E-state index in [4.69, 9.17) is 19.4 Å². The second-order valence-electron chi connectivity index (χ2n) is 17.0. The second-order valence-corrected chi connectivity index (χ2v) is 18.1. The van der Waals surface area contributed by atoms with Crippen molar-refractivity contribution >= 4 is 53.4 Å². The van der Waals surface area contributed by atoms with Crippen molar-refractivity contribution in [1.82, 2.24) is 15.0 Å². The maximum Gasteiger partial charge on any atom is 0.164 e. The lowest BCUT2D eigenvalue weighted by molar-refractivity contribution is 0.670. The fourth-order valence-electron chi connectivity index (χ4n) is 10.1. The van der Waals surface area contributed by atoms with Gasteiger partial charge in [0, 0.05) is 59.1 Å². The first-order chi connectivity index (χ1) is 32.2. The Balaban J connectivity index is 0.980. The summed E-state index contributed by atoms with van der Waals surface area (Å²) >= 11 is 1.81. The Bertz CT molecular complexity index is 3720. The van der Waals surface area contributed by atoms with Crippen LogP contribution in [0.5, 0.6) is 0 Å². The maximum absolute atomic E-state index is 6.57. The topological polar surface area (TPSA) is 51.8 Å². The average molecular weight is 850 g/mol. The number of nitrogens with zero attached hydrogens (tertiary/aromatic N) is 3. The molecule has 0 saturated carbocycles. The van der Waals surface area contributed by atoms with Gasteiger partial charge in [-0.25, -0.2) is 15.0 Å². The third-order valence-electron chi connectivity index (χ3n) is 13.2. The van der Waals surface area contributed by atoms with Gasteiger partial charge in [-0.15, -0.1) is 11.3 Å². The Morgan fingerprint density at radius 1 is 0.415 bits per heavy atom. The molecule has 0 N–H and O–H groups in total. The third kappa shape index (κ3) is 6.46. The summed E-state index contributed by atoms with van der Waals surface area (Å²) < 4.78 is 8.99. The Labute approximate surface area is 380 Å². The van der Waals surface area contributed by atoms with Gasteiger partial charge in [-0.2, -0.15) is 0 Å². The summed E-state index contributed by atoms with van der Waals surface area (Å²) in [6, 6.07) is 74.0. The number of benzene rings is 9. The number of fused-ring (bicyclic) bond motifs is 9. The predicted octanol–water partition coefficient (Wildman–Crippen LogP) is 16.2. The van der Waals surface area contributed by atoms with Crippen LogP contribution >= 0.6 is 11.3 Å². The highest BCUT2D eigenvalue weighted by Crippen LogP contribution is 2.47. The molecule has 0 spiro atoms. The van der Waals surface area contributed by atoms with Gasteiger partial charge in [0.1, 0.15) is 11.2 Å². The maximum atomic E-state index is 6.57. The Morgan fingerprint density at radius 3 is 1.85 bits per heavy atom. The van der Waals surface area contributed by atoms with E-state index in [1.165, 1.54) is 53.7 Å². The number of hydrogen-bond donors (Lipinski definition) is 0. The number of furan rings is 1. The zero-order valence-electron chi connectivity index (χ0n) is 35.3. The fourth-order valence-corrected chi connectivity index (χ4v) is 11.2. The van der Waals surface area contributed by atoms with Crippen molar-refractivity contribution in [3.63, 3.8) is 0 Å². The van der Waals surface area contributed by atoms with Crippen molar-refractivity contribution in [3.8, 4) is 67.5 Å². The van der Waals surface area contributed by atoms with Gasteiger partial charge >= 0.3 is 0 Å². The van der Waals surface area contributed by atoms with Crippen molar-refractivity contribution in [1.29, 1.82) is 0 Å². The van der Waals surface area contributed by atoms with Crippen LogP contribution in [0, 0.1) is 0 Å². The number of rotatable bonds is 6. The zero-order valence-corrected chi connectivity index (χ0v) is 36.1. The quantitative estimate of drug-likeness (QED) is 0.167. The first-order valence-corrected chi connectivity index (χ1v) is 23.1. The number of para-hydroxylation sites is 2. The van der Waals surface area contributed by atoms with Crippen molar-refractivity contribution < 1.29 is 4.42 Å². The van der Waals surface area contributed by atoms with Crippen LogP contribution in [0.25, 0.3) is 110 Å². The molecular formula is C60H39N3OS. The number of aryl methyl sites for hydroxylation is 1. The molecule has 4 nitrogen and oxygen atoms in total. The van der Waals surface area contributed by atoms with E-state index in [1.807, 2.05) is 53.8 Å². The first kappa shape index (κ1) is 37.6. The SMILES string of the molecule is c1ccc(-c2nc(-c3ccccc3)nc(-c3cccc4sc5ccc(-c6ccc7c(c6)-c6cc(-c8cccc9c8oc8ccccc89)ccc6CCC7c6ccccc6)cc5c34)n2)cc1. The zero-order chi connectivity index (χ0) is 42.8. The molecule has 0 bridgehead atoms. The second kappa shape index (κ2) is 15.4. The van der Waals surface area contributed by atoms with Gasteiger partial charge in [0.15, 0.2) is 17.5 Å². The van der Waals surface area contributed by atoms with Crippen molar-refractivity contribution in [2.24, 2.45) is 0 Å². The molecule has 1 aliphatic rings. The minimum absolute atomic E-state index is 0.266. The van der Waals surface area contributed by atoms with Crippen LogP contribution in [0.1, 0.15) is 29.0 Å². The molecule has 306 valence electrons. The number of aromatic nitrogens is 3. The van der Waals surface area contributed by atoms with Crippen LogP contribution in [0.15, 0.2) is 211 Å². The number of hydrogen-bond acceptors (Lipinski definition) is 5. The molecule has 13 rings (SSSR count). The van der Waals surface area contributed by atoms with E-state index in [9.17, 15) is 0 Å². The van der Waals surface area contributed by atoms with Crippen LogP contribution < -0.4 is 0 Å². The summed E-state index contributed by atoms with van der Waals surface area (Å²) in [7, 11) is 0. The molecule has 0 saturated heterocycles. The molecule has 3 heterocycles.